The third-order valence-electron chi connectivity index (χ3n) is 3.95. The molecule has 0 unspecified atom stereocenters. The topological polar surface area (TPSA) is 72.2 Å². The number of benzene rings is 2. The fourth-order valence-electron chi connectivity index (χ4n) is 2.77. The van der Waals surface area contributed by atoms with Gasteiger partial charge < -0.3 is 5.32 Å². The quantitative estimate of drug-likeness (QED) is 0.491. The van der Waals surface area contributed by atoms with E-state index in [0.29, 0.717) is 27.4 Å². The van der Waals surface area contributed by atoms with Gasteiger partial charge in [-0.3, -0.25) is 14.9 Å². The molecular formula is C18H15ClN2O3. The molecule has 2 aromatic rings. The highest BCUT2D eigenvalue weighted by Gasteiger charge is 2.24. The Kier molecular flexibility index (Phi) is 4.11. The Labute approximate surface area is 144 Å². The van der Waals surface area contributed by atoms with Gasteiger partial charge in [0.1, 0.15) is 0 Å². The maximum Gasteiger partial charge on any atom is 0.273 e. The average molecular weight is 343 g/mol. The van der Waals surface area contributed by atoms with Crippen molar-refractivity contribution in [2.24, 2.45) is 0 Å². The number of rotatable bonds is 3. The van der Waals surface area contributed by atoms with Crippen LogP contribution in [0.1, 0.15) is 36.5 Å². The summed E-state index contributed by atoms with van der Waals surface area (Å²) in [6.07, 6.45) is 1.66. The number of anilines is 1. The Bertz CT molecular complexity index is 888. The van der Waals surface area contributed by atoms with Gasteiger partial charge in [-0.15, -0.1) is 0 Å². The lowest BCUT2D eigenvalue weighted by atomic mass is 9.97. The fraction of sp³-hybridized carbons (Fsp3) is 0.167. The molecule has 1 N–H and O–H groups in total. The molecule has 0 aromatic heterocycles. The monoisotopic (exact) mass is 342 g/mol. The van der Waals surface area contributed by atoms with Crippen molar-refractivity contribution in [3.05, 3.63) is 68.2 Å². The molecular weight excluding hydrogens is 328 g/mol. The van der Waals surface area contributed by atoms with Crippen molar-refractivity contribution >= 4 is 40.5 Å². The smallest absolute Gasteiger partial charge is 0.273 e. The molecule has 0 spiro atoms. The number of carbonyl (C=O) groups is 1. The summed E-state index contributed by atoms with van der Waals surface area (Å²) in [5, 5.41) is 14.6. The fourth-order valence-corrected chi connectivity index (χ4v) is 2.95. The summed E-state index contributed by atoms with van der Waals surface area (Å²) in [4.78, 5) is 23.1. The third-order valence-corrected chi connectivity index (χ3v) is 4.18. The highest BCUT2D eigenvalue weighted by atomic mass is 35.5. The summed E-state index contributed by atoms with van der Waals surface area (Å²) in [5.74, 6) is -0.201. The van der Waals surface area contributed by atoms with Crippen LogP contribution in [0.3, 0.4) is 0 Å². The largest absolute Gasteiger partial charge is 0.321 e. The second-order valence-electron chi connectivity index (χ2n) is 5.93. The summed E-state index contributed by atoms with van der Waals surface area (Å²) in [6.45, 7) is 3.82. The van der Waals surface area contributed by atoms with Gasteiger partial charge >= 0.3 is 0 Å². The van der Waals surface area contributed by atoms with Gasteiger partial charge in [0.25, 0.3) is 11.6 Å². The Hall–Kier alpha value is -2.66. The SMILES string of the molecule is CC(C)c1ccc(/C=C2/C(=O)Nc3cc(Cl)ccc32)cc1[N+](=O)[O-]. The number of nitrogens with zero attached hydrogens (tertiary/aromatic N) is 1. The zero-order valence-electron chi connectivity index (χ0n) is 13.2. The predicted octanol–water partition coefficient (Wildman–Crippen LogP) is 4.86. The minimum absolute atomic E-state index is 0.0461. The molecule has 0 bridgehead atoms. The molecule has 6 heteroatoms. The van der Waals surface area contributed by atoms with E-state index in [1.807, 2.05) is 13.8 Å². The predicted molar refractivity (Wildman–Crippen MR) is 95.1 cm³/mol. The number of amides is 1. The lowest BCUT2D eigenvalue weighted by Crippen LogP contribution is -2.03. The van der Waals surface area contributed by atoms with Crippen molar-refractivity contribution < 1.29 is 9.72 Å². The maximum atomic E-state index is 12.2. The van der Waals surface area contributed by atoms with E-state index in [0.717, 1.165) is 5.56 Å². The Morgan fingerprint density at radius 1 is 1.21 bits per heavy atom. The van der Waals surface area contributed by atoms with Gasteiger partial charge in [0, 0.05) is 27.8 Å². The molecule has 3 rings (SSSR count). The molecule has 0 aliphatic carbocycles. The van der Waals surface area contributed by atoms with Gasteiger partial charge in [-0.2, -0.15) is 0 Å². The van der Waals surface area contributed by atoms with Crippen LogP contribution < -0.4 is 5.32 Å². The van der Waals surface area contributed by atoms with Gasteiger partial charge in [-0.1, -0.05) is 43.6 Å². The zero-order chi connectivity index (χ0) is 17.4. The number of halogens is 1. The Balaban J connectivity index is 2.08. The van der Waals surface area contributed by atoms with E-state index in [-0.39, 0.29) is 22.4 Å². The minimum atomic E-state index is -0.389. The van der Waals surface area contributed by atoms with Crippen molar-refractivity contribution in [3.8, 4) is 0 Å². The summed E-state index contributed by atoms with van der Waals surface area (Å²) >= 11 is 5.94. The van der Waals surface area contributed by atoms with Crippen molar-refractivity contribution in [1.82, 2.24) is 0 Å². The normalized spacial score (nSPS) is 14.8. The van der Waals surface area contributed by atoms with Crippen LogP contribution in [-0.2, 0) is 4.79 Å². The van der Waals surface area contributed by atoms with Crippen molar-refractivity contribution in [1.29, 1.82) is 0 Å². The molecule has 0 saturated heterocycles. The molecule has 1 heterocycles. The maximum absolute atomic E-state index is 12.2. The number of hydrogen-bond donors (Lipinski definition) is 1. The second kappa shape index (κ2) is 6.09. The van der Waals surface area contributed by atoms with Crippen LogP contribution in [0.2, 0.25) is 5.02 Å². The minimum Gasteiger partial charge on any atom is -0.321 e. The van der Waals surface area contributed by atoms with Crippen LogP contribution in [0.25, 0.3) is 11.6 Å². The molecule has 24 heavy (non-hydrogen) atoms. The van der Waals surface area contributed by atoms with Crippen LogP contribution >= 0.6 is 11.6 Å². The molecule has 0 atom stereocenters. The molecule has 1 aliphatic heterocycles. The van der Waals surface area contributed by atoms with E-state index in [1.54, 1.807) is 36.4 Å². The summed E-state index contributed by atoms with van der Waals surface area (Å²) in [5.41, 5.74) is 3.19. The van der Waals surface area contributed by atoms with Crippen LogP contribution in [0.15, 0.2) is 36.4 Å². The number of nitro groups is 1. The number of carbonyl (C=O) groups excluding carboxylic acids is 1. The van der Waals surface area contributed by atoms with Gasteiger partial charge in [0.2, 0.25) is 0 Å². The molecule has 0 saturated carbocycles. The van der Waals surface area contributed by atoms with Crippen molar-refractivity contribution in [2.75, 3.05) is 5.32 Å². The molecule has 2 aromatic carbocycles. The number of nitrogens with one attached hydrogen (secondary N) is 1. The van der Waals surface area contributed by atoms with Crippen molar-refractivity contribution in [2.45, 2.75) is 19.8 Å². The number of hydrogen-bond acceptors (Lipinski definition) is 3. The van der Waals surface area contributed by atoms with Crippen LogP contribution in [-0.4, -0.2) is 10.8 Å². The molecule has 1 amide bonds. The molecule has 0 fully saturated rings. The van der Waals surface area contributed by atoms with Crippen LogP contribution in [0, 0.1) is 10.1 Å². The zero-order valence-corrected chi connectivity index (χ0v) is 13.9. The Morgan fingerprint density at radius 3 is 2.62 bits per heavy atom. The van der Waals surface area contributed by atoms with Crippen LogP contribution in [0.5, 0.6) is 0 Å². The first-order chi connectivity index (χ1) is 11.4. The van der Waals surface area contributed by atoms with Gasteiger partial charge in [0.05, 0.1) is 10.6 Å². The third kappa shape index (κ3) is 2.90. The standard InChI is InChI=1S/C18H15ClN2O3/c1-10(2)13-5-3-11(8-17(13)21(23)24)7-15-14-6-4-12(19)9-16(14)20-18(15)22/h3-10H,1-2H3,(H,20,22)/b15-7+. The molecule has 122 valence electrons. The van der Waals surface area contributed by atoms with Gasteiger partial charge in [0.15, 0.2) is 0 Å². The first-order valence-electron chi connectivity index (χ1n) is 7.48. The highest BCUT2D eigenvalue weighted by molar-refractivity contribution is 6.36. The molecule has 0 radical (unpaired) electrons. The van der Waals surface area contributed by atoms with E-state index in [9.17, 15) is 14.9 Å². The van der Waals surface area contributed by atoms with E-state index >= 15 is 0 Å². The van der Waals surface area contributed by atoms with E-state index < -0.39 is 0 Å². The molecule has 1 aliphatic rings. The van der Waals surface area contributed by atoms with Gasteiger partial charge in [-0.05, 0) is 29.7 Å². The first-order valence-corrected chi connectivity index (χ1v) is 7.86. The van der Waals surface area contributed by atoms with Gasteiger partial charge in [-0.25, -0.2) is 0 Å². The summed E-state index contributed by atoms with van der Waals surface area (Å²) in [6, 6.07) is 10.2. The number of fused-ring (bicyclic) bond motifs is 1. The van der Waals surface area contributed by atoms with Crippen LogP contribution in [0.4, 0.5) is 11.4 Å². The van der Waals surface area contributed by atoms with E-state index in [2.05, 4.69) is 5.32 Å². The van der Waals surface area contributed by atoms with E-state index in [4.69, 9.17) is 11.6 Å². The lowest BCUT2D eigenvalue weighted by molar-refractivity contribution is -0.385. The highest BCUT2D eigenvalue weighted by Crippen LogP contribution is 2.36. The summed E-state index contributed by atoms with van der Waals surface area (Å²) < 4.78 is 0. The van der Waals surface area contributed by atoms with Crippen molar-refractivity contribution in [3.63, 3.8) is 0 Å². The average Bonchev–Trinajstić information content (AvgIpc) is 2.82. The second-order valence-corrected chi connectivity index (χ2v) is 6.37. The summed E-state index contributed by atoms with van der Waals surface area (Å²) in [7, 11) is 0. The lowest BCUT2D eigenvalue weighted by Gasteiger charge is -2.07. The Morgan fingerprint density at radius 2 is 1.96 bits per heavy atom. The number of nitro benzene ring substituents is 1. The molecule has 5 nitrogen and oxygen atoms in total. The van der Waals surface area contributed by atoms with E-state index in [1.165, 1.54) is 6.07 Å². The first kappa shape index (κ1) is 16.2.